The van der Waals surface area contributed by atoms with E-state index in [9.17, 15) is 14.4 Å². The van der Waals surface area contributed by atoms with Crippen LogP contribution in [-0.2, 0) is 19.4 Å². The number of ketones is 1. The molecule has 1 fully saturated rings. The molecule has 0 aliphatic heterocycles. The van der Waals surface area contributed by atoms with E-state index >= 15 is 0 Å². The van der Waals surface area contributed by atoms with Crippen molar-refractivity contribution in [2.75, 3.05) is 7.05 Å². The number of nitrogens with one attached hydrogen (secondary N) is 1. The van der Waals surface area contributed by atoms with Gasteiger partial charge in [0.2, 0.25) is 0 Å². The number of Topliss-reactive ketones (excluding diaryl/α,β-unsaturated/α-hetero) is 1. The maximum absolute atomic E-state index is 12.9. The van der Waals surface area contributed by atoms with Crippen LogP contribution in [0.4, 0.5) is 0 Å². The molecule has 0 spiro atoms. The van der Waals surface area contributed by atoms with E-state index in [0.29, 0.717) is 24.4 Å². The van der Waals surface area contributed by atoms with E-state index in [4.69, 9.17) is 0 Å². The van der Waals surface area contributed by atoms with Crippen LogP contribution >= 0.6 is 0 Å². The molecule has 1 aromatic carbocycles. The van der Waals surface area contributed by atoms with E-state index in [1.54, 1.807) is 6.20 Å². The van der Waals surface area contributed by atoms with Crippen molar-refractivity contribution in [2.24, 2.45) is 5.92 Å². The van der Waals surface area contributed by atoms with E-state index in [1.807, 2.05) is 12.1 Å². The quantitative estimate of drug-likeness (QED) is 0.802. The number of aromatic nitrogens is 1. The molecular formula is C22H24N2O3. The number of nitrogens with zero attached hydrogens (tertiary/aromatic N) is 1. The minimum Gasteiger partial charge on any atom is -0.355 e. The molecule has 0 unspecified atom stereocenters. The van der Waals surface area contributed by atoms with Gasteiger partial charge in [-0.2, -0.15) is 0 Å². The lowest BCUT2D eigenvalue weighted by Crippen LogP contribution is -2.32. The number of rotatable bonds is 6. The molecule has 4 rings (SSSR count). The first-order chi connectivity index (χ1) is 13.1. The number of hydrogen-bond acceptors (Lipinski definition) is 3. The first kappa shape index (κ1) is 17.7. The van der Waals surface area contributed by atoms with Crippen LogP contribution in [0.1, 0.15) is 63.1 Å². The number of benzene rings is 1. The summed E-state index contributed by atoms with van der Waals surface area (Å²) in [5.41, 5.74) is 3.88. The summed E-state index contributed by atoms with van der Waals surface area (Å²) in [5.74, 6) is 0.0153. The number of hydrogen-bond donors (Lipinski definition) is 1. The molecule has 1 saturated carbocycles. The van der Waals surface area contributed by atoms with Gasteiger partial charge in [-0.15, -0.1) is 0 Å². The van der Waals surface area contributed by atoms with E-state index < -0.39 is 5.91 Å². The van der Waals surface area contributed by atoms with Crippen molar-refractivity contribution < 1.29 is 9.59 Å². The third kappa shape index (κ3) is 3.59. The predicted octanol–water partition coefficient (Wildman–Crippen LogP) is 2.73. The van der Waals surface area contributed by atoms with Crippen LogP contribution in [0.3, 0.4) is 0 Å². The summed E-state index contributed by atoms with van der Waals surface area (Å²) >= 11 is 0. The summed E-state index contributed by atoms with van der Waals surface area (Å²) in [6.45, 7) is 0.385. The van der Waals surface area contributed by atoms with Gasteiger partial charge >= 0.3 is 0 Å². The Kier molecular flexibility index (Phi) is 4.68. The van der Waals surface area contributed by atoms with E-state index in [1.165, 1.54) is 28.8 Å². The predicted molar refractivity (Wildman–Crippen MR) is 103 cm³/mol. The maximum atomic E-state index is 12.9. The molecular weight excluding hydrogens is 340 g/mol. The summed E-state index contributed by atoms with van der Waals surface area (Å²) in [6, 6.07) is 7.65. The second kappa shape index (κ2) is 7.14. The van der Waals surface area contributed by atoms with Gasteiger partial charge < -0.3 is 9.88 Å². The average Bonchev–Trinajstić information content (AvgIpc) is 3.35. The fourth-order valence-corrected chi connectivity index (χ4v) is 3.94. The third-order valence-corrected chi connectivity index (χ3v) is 5.63. The SMILES string of the molecule is CNC(=O)c1cc(C(=O)CC2CC2)cn(Cc2cccc3c2CCC3)c1=O. The molecule has 0 saturated heterocycles. The molecule has 5 nitrogen and oxygen atoms in total. The largest absolute Gasteiger partial charge is 0.355 e. The average molecular weight is 364 g/mol. The summed E-state index contributed by atoms with van der Waals surface area (Å²) in [6.07, 6.45) is 7.52. The molecule has 0 radical (unpaired) electrons. The van der Waals surface area contributed by atoms with Crippen LogP contribution in [0.2, 0.25) is 0 Å². The van der Waals surface area contributed by atoms with Crippen LogP contribution in [0.15, 0.2) is 35.3 Å². The minimum atomic E-state index is -0.451. The monoisotopic (exact) mass is 364 g/mol. The van der Waals surface area contributed by atoms with Gasteiger partial charge in [0, 0.05) is 25.2 Å². The number of carbonyl (C=O) groups is 2. The van der Waals surface area contributed by atoms with Crippen molar-refractivity contribution in [3.63, 3.8) is 0 Å². The first-order valence-corrected chi connectivity index (χ1v) is 9.66. The van der Waals surface area contributed by atoms with Crippen molar-refractivity contribution in [3.8, 4) is 0 Å². The Morgan fingerprint density at radius 3 is 2.78 bits per heavy atom. The number of amides is 1. The van der Waals surface area contributed by atoms with Crippen molar-refractivity contribution in [1.29, 1.82) is 0 Å². The van der Waals surface area contributed by atoms with Crippen LogP contribution in [0, 0.1) is 5.92 Å². The highest BCUT2D eigenvalue weighted by molar-refractivity contribution is 6.00. The van der Waals surface area contributed by atoms with Crippen molar-refractivity contribution in [3.05, 3.63) is 68.6 Å². The Morgan fingerprint density at radius 2 is 2.04 bits per heavy atom. The summed E-state index contributed by atoms with van der Waals surface area (Å²) < 4.78 is 1.53. The summed E-state index contributed by atoms with van der Waals surface area (Å²) in [5, 5.41) is 2.51. The van der Waals surface area contributed by atoms with Gasteiger partial charge in [0.25, 0.3) is 11.5 Å². The molecule has 1 amide bonds. The Labute approximate surface area is 158 Å². The normalized spacial score (nSPS) is 15.4. The molecule has 140 valence electrons. The molecule has 0 atom stereocenters. The summed E-state index contributed by atoms with van der Waals surface area (Å²) in [4.78, 5) is 37.7. The van der Waals surface area contributed by atoms with Crippen molar-refractivity contribution in [2.45, 2.75) is 45.1 Å². The van der Waals surface area contributed by atoms with Gasteiger partial charge in [-0.25, -0.2) is 0 Å². The molecule has 2 aromatic rings. The van der Waals surface area contributed by atoms with Gasteiger partial charge in [0.05, 0.1) is 6.54 Å². The fraction of sp³-hybridized carbons (Fsp3) is 0.409. The van der Waals surface area contributed by atoms with Crippen LogP contribution < -0.4 is 10.9 Å². The Bertz CT molecular complexity index is 970. The van der Waals surface area contributed by atoms with Crippen LogP contribution in [-0.4, -0.2) is 23.3 Å². The Morgan fingerprint density at radius 1 is 1.22 bits per heavy atom. The second-order valence-corrected chi connectivity index (χ2v) is 7.63. The standard InChI is InChI=1S/C22H24N2O3/c1-23-21(26)19-11-17(20(25)10-14-8-9-14)13-24(22(19)27)12-16-6-2-4-15-5-3-7-18(15)16/h2,4,6,11,13-14H,3,5,7-10,12H2,1H3,(H,23,26). The number of aryl methyl sites for hydroxylation is 1. The highest BCUT2D eigenvalue weighted by Gasteiger charge is 2.26. The topological polar surface area (TPSA) is 68.2 Å². The smallest absolute Gasteiger partial charge is 0.263 e. The highest BCUT2D eigenvalue weighted by atomic mass is 16.2. The van der Waals surface area contributed by atoms with E-state index in [-0.39, 0.29) is 16.9 Å². The van der Waals surface area contributed by atoms with Crippen LogP contribution in [0.25, 0.3) is 0 Å². The van der Waals surface area contributed by atoms with E-state index in [2.05, 4.69) is 11.4 Å². The molecule has 1 heterocycles. The van der Waals surface area contributed by atoms with Gasteiger partial charge in [-0.05, 0) is 60.8 Å². The molecule has 5 heteroatoms. The zero-order valence-corrected chi connectivity index (χ0v) is 15.6. The third-order valence-electron chi connectivity index (χ3n) is 5.63. The molecule has 2 aliphatic carbocycles. The second-order valence-electron chi connectivity index (χ2n) is 7.63. The zero-order valence-electron chi connectivity index (χ0n) is 15.6. The minimum absolute atomic E-state index is 0.00898. The maximum Gasteiger partial charge on any atom is 0.263 e. The Balaban J connectivity index is 1.74. The molecule has 0 bridgehead atoms. The van der Waals surface area contributed by atoms with Gasteiger partial charge in [0.1, 0.15) is 5.56 Å². The first-order valence-electron chi connectivity index (χ1n) is 9.66. The van der Waals surface area contributed by atoms with Gasteiger partial charge in [-0.1, -0.05) is 18.2 Å². The van der Waals surface area contributed by atoms with Crippen molar-refractivity contribution in [1.82, 2.24) is 9.88 Å². The van der Waals surface area contributed by atoms with Crippen molar-refractivity contribution >= 4 is 11.7 Å². The fourth-order valence-electron chi connectivity index (χ4n) is 3.94. The zero-order chi connectivity index (χ0) is 19.0. The van der Waals surface area contributed by atoms with E-state index in [0.717, 1.165) is 37.7 Å². The molecule has 1 aromatic heterocycles. The molecule has 2 aliphatic rings. The molecule has 1 N–H and O–H groups in total. The lowest BCUT2D eigenvalue weighted by atomic mass is 10.0. The van der Waals surface area contributed by atoms with Gasteiger partial charge in [-0.3, -0.25) is 14.4 Å². The van der Waals surface area contributed by atoms with Crippen LogP contribution in [0.5, 0.6) is 0 Å². The lowest BCUT2D eigenvalue weighted by molar-refractivity contribution is 0.0961. The molecule has 27 heavy (non-hydrogen) atoms. The highest BCUT2D eigenvalue weighted by Crippen LogP contribution is 2.33. The number of carbonyl (C=O) groups excluding carboxylic acids is 2. The number of fused-ring (bicyclic) bond motifs is 1. The van der Waals surface area contributed by atoms with Gasteiger partial charge in [0.15, 0.2) is 5.78 Å². The Hall–Kier alpha value is -2.69. The number of pyridine rings is 1. The summed E-state index contributed by atoms with van der Waals surface area (Å²) in [7, 11) is 1.49. The lowest BCUT2D eigenvalue weighted by Gasteiger charge is -2.13.